The summed E-state index contributed by atoms with van der Waals surface area (Å²) in [7, 11) is 0. The van der Waals surface area contributed by atoms with Crippen LogP contribution < -0.4 is 0 Å². The average molecular weight is 251 g/mol. The number of hydrogen-bond donors (Lipinski definition) is 1. The molecule has 0 aromatic heterocycles. The summed E-state index contributed by atoms with van der Waals surface area (Å²) < 4.78 is 11.5. The Balaban J connectivity index is 1.82. The van der Waals surface area contributed by atoms with Gasteiger partial charge in [0.05, 0.1) is 18.6 Å². The summed E-state index contributed by atoms with van der Waals surface area (Å²) in [6.45, 7) is 1.21. The smallest absolute Gasteiger partial charge is 0.310 e. The minimum Gasteiger partial charge on any atom is -0.481 e. The predicted octanol–water partition coefficient (Wildman–Crippen LogP) is -0.401. The van der Waals surface area contributed by atoms with E-state index in [0.717, 1.165) is 6.42 Å². The van der Waals surface area contributed by atoms with E-state index in [-0.39, 0.29) is 5.91 Å². The van der Waals surface area contributed by atoms with Crippen molar-refractivity contribution >= 4 is 11.9 Å². The lowest BCUT2D eigenvalue weighted by molar-refractivity contribution is -0.168. The first-order valence-electron chi connectivity index (χ1n) is 6.17. The number of rotatable bonds is 1. The van der Waals surface area contributed by atoms with Gasteiger partial charge in [0.25, 0.3) is 0 Å². The maximum atomic E-state index is 12.4. The highest BCUT2D eigenvalue weighted by atomic mass is 16.6. The second-order valence-electron chi connectivity index (χ2n) is 5.25. The van der Waals surface area contributed by atoms with Crippen molar-refractivity contribution in [3.8, 4) is 0 Å². The molecule has 0 aromatic rings. The number of hydrogen-bond acceptors (Lipinski definition) is 4. The molecular formula is C12H13NO5. The van der Waals surface area contributed by atoms with Gasteiger partial charge in [-0.2, -0.15) is 0 Å². The second kappa shape index (κ2) is 3.13. The van der Waals surface area contributed by atoms with Crippen LogP contribution in [-0.4, -0.2) is 53.0 Å². The predicted molar refractivity (Wildman–Crippen MR) is 57.4 cm³/mol. The van der Waals surface area contributed by atoms with Crippen LogP contribution >= 0.6 is 0 Å². The summed E-state index contributed by atoms with van der Waals surface area (Å²) >= 11 is 0. The van der Waals surface area contributed by atoms with Gasteiger partial charge in [0, 0.05) is 6.54 Å². The van der Waals surface area contributed by atoms with Gasteiger partial charge in [-0.3, -0.25) is 9.59 Å². The second-order valence-corrected chi connectivity index (χ2v) is 5.25. The molecule has 0 unspecified atom stereocenters. The van der Waals surface area contributed by atoms with E-state index < -0.39 is 35.7 Å². The van der Waals surface area contributed by atoms with E-state index in [0.29, 0.717) is 13.2 Å². The monoisotopic (exact) mass is 251 g/mol. The molecule has 4 aliphatic rings. The van der Waals surface area contributed by atoms with Crippen LogP contribution in [0.1, 0.15) is 6.42 Å². The highest BCUT2D eigenvalue weighted by Crippen LogP contribution is 2.55. The van der Waals surface area contributed by atoms with E-state index in [1.54, 1.807) is 11.0 Å². The molecule has 4 heterocycles. The number of carboxylic acids is 1. The zero-order valence-corrected chi connectivity index (χ0v) is 9.61. The molecule has 3 fully saturated rings. The molecule has 4 aliphatic heterocycles. The zero-order valence-electron chi connectivity index (χ0n) is 9.61. The van der Waals surface area contributed by atoms with Gasteiger partial charge in [0.15, 0.2) is 6.23 Å². The Bertz CT molecular complexity index is 475. The maximum Gasteiger partial charge on any atom is 0.310 e. The minimum absolute atomic E-state index is 0.140. The van der Waals surface area contributed by atoms with Crippen LogP contribution in [0.3, 0.4) is 0 Å². The third-order valence-electron chi connectivity index (χ3n) is 4.41. The third-order valence-corrected chi connectivity index (χ3v) is 4.41. The molecule has 0 radical (unpaired) electrons. The maximum absolute atomic E-state index is 12.4. The Labute approximate surface area is 103 Å². The molecule has 6 heteroatoms. The van der Waals surface area contributed by atoms with E-state index in [1.165, 1.54) is 0 Å². The van der Waals surface area contributed by atoms with Gasteiger partial charge in [-0.25, -0.2) is 0 Å². The van der Waals surface area contributed by atoms with Crippen LogP contribution in [0.5, 0.6) is 0 Å². The molecule has 3 saturated heterocycles. The van der Waals surface area contributed by atoms with Crippen LogP contribution in [-0.2, 0) is 19.1 Å². The number of amides is 1. The fraction of sp³-hybridized carbons (Fsp3) is 0.667. The largest absolute Gasteiger partial charge is 0.481 e. The highest BCUT2D eigenvalue weighted by molar-refractivity contribution is 5.91. The molecule has 1 spiro atoms. The SMILES string of the molecule is O=C(O)[C@H]1[C@@H]2C=C[C@@]3(O2)[C@@H]1C(=O)N1CCCO[C@@H]13. The summed E-state index contributed by atoms with van der Waals surface area (Å²) in [4.78, 5) is 25.4. The fourth-order valence-corrected chi connectivity index (χ4v) is 3.74. The van der Waals surface area contributed by atoms with Gasteiger partial charge in [-0.1, -0.05) is 6.08 Å². The summed E-state index contributed by atoms with van der Waals surface area (Å²) in [6.07, 6.45) is 3.42. The number of carboxylic acid groups (broad SMARTS) is 1. The van der Waals surface area contributed by atoms with Gasteiger partial charge >= 0.3 is 5.97 Å². The molecule has 96 valence electrons. The van der Waals surface area contributed by atoms with Crippen molar-refractivity contribution in [3.05, 3.63) is 12.2 Å². The van der Waals surface area contributed by atoms with Crippen molar-refractivity contribution in [2.75, 3.05) is 13.2 Å². The van der Waals surface area contributed by atoms with Gasteiger partial charge in [-0.15, -0.1) is 0 Å². The summed E-state index contributed by atoms with van der Waals surface area (Å²) in [5.74, 6) is -2.52. The highest BCUT2D eigenvalue weighted by Gasteiger charge is 2.72. The molecule has 1 N–H and O–H groups in total. The van der Waals surface area contributed by atoms with Crippen LogP contribution in [0.2, 0.25) is 0 Å². The Morgan fingerprint density at radius 2 is 2.39 bits per heavy atom. The fourth-order valence-electron chi connectivity index (χ4n) is 3.74. The first kappa shape index (κ1) is 10.5. The van der Waals surface area contributed by atoms with Crippen LogP contribution in [0, 0.1) is 11.8 Å². The number of ether oxygens (including phenoxy) is 2. The van der Waals surface area contributed by atoms with E-state index in [2.05, 4.69) is 0 Å². The number of fused-ring (bicyclic) bond motifs is 2. The molecule has 6 nitrogen and oxygen atoms in total. The summed E-state index contributed by atoms with van der Waals surface area (Å²) in [6, 6.07) is 0. The van der Waals surface area contributed by atoms with Crippen molar-refractivity contribution in [2.24, 2.45) is 11.8 Å². The van der Waals surface area contributed by atoms with Crippen molar-refractivity contribution in [3.63, 3.8) is 0 Å². The van der Waals surface area contributed by atoms with E-state index in [9.17, 15) is 14.7 Å². The zero-order chi connectivity index (χ0) is 12.5. The number of carbonyl (C=O) groups is 2. The van der Waals surface area contributed by atoms with Gasteiger partial charge in [-0.05, 0) is 12.5 Å². The van der Waals surface area contributed by atoms with Crippen LogP contribution in [0.25, 0.3) is 0 Å². The number of nitrogens with zero attached hydrogens (tertiary/aromatic N) is 1. The van der Waals surface area contributed by atoms with Gasteiger partial charge in [0.2, 0.25) is 5.91 Å². The Hall–Kier alpha value is -1.40. The van der Waals surface area contributed by atoms with E-state index in [4.69, 9.17) is 9.47 Å². The quantitative estimate of drug-likeness (QED) is 0.642. The standard InChI is InChI=1S/C12H13NO5/c14-9-8-7(10(15)16)6-2-3-12(8,18-6)11-13(9)4-1-5-17-11/h2-3,6-8,11H,1,4-5H2,(H,15,16)/t6-,7-,8-,11+,12+/m0/s1. The average Bonchev–Trinajstić information content (AvgIpc) is 2.99. The van der Waals surface area contributed by atoms with Crippen molar-refractivity contribution in [1.82, 2.24) is 4.90 Å². The normalized spacial score (nSPS) is 48.4. The lowest BCUT2D eigenvalue weighted by Gasteiger charge is -2.36. The lowest BCUT2D eigenvalue weighted by atomic mass is 9.76. The van der Waals surface area contributed by atoms with Crippen LogP contribution in [0.15, 0.2) is 12.2 Å². The molecule has 0 aliphatic carbocycles. The van der Waals surface area contributed by atoms with E-state index in [1.807, 2.05) is 6.08 Å². The van der Waals surface area contributed by atoms with Crippen molar-refractivity contribution in [1.29, 1.82) is 0 Å². The molecule has 0 aromatic carbocycles. The Morgan fingerprint density at radius 1 is 1.56 bits per heavy atom. The molecule has 4 rings (SSSR count). The topological polar surface area (TPSA) is 76.1 Å². The van der Waals surface area contributed by atoms with Crippen molar-refractivity contribution in [2.45, 2.75) is 24.4 Å². The third kappa shape index (κ3) is 0.976. The minimum atomic E-state index is -0.968. The van der Waals surface area contributed by atoms with Crippen LogP contribution in [0.4, 0.5) is 0 Å². The van der Waals surface area contributed by atoms with Gasteiger partial charge < -0.3 is 19.5 Å². The Kier molecular flexibility index (Phi) is 1.83. The molecule has 5 atom stereocenters. The first-order valence-corrected chi connectivity index (χ1v) is 6.17. The molecular weight excluding hydrogens is 238 g/mol. The Morgan fingerprint density at radius 3 is 3.17 bits per heavy atom. The molecule has 0 saturated carbocycles. The summed E-state index contributed by atoms with van der Waals surface area (Å²) in [5, 5.41) is 9.30. The van der Waals surface area contributed by atoms with E-state index >= 15 is 0 Å². The lowest BCUT2D eigenvalue weighted by Crippen LogP contribution is -2.49. The van der Waals surface area contributed by atoms with Crippen molar-refractivity contribution < 1.29 is 24.2 Å². The number of aliphatic carboxylic acids is 1. The molecule has 18 heavy (non-hydrogen) atoms. The van der Waals surface area contributed by atoms with Gasteiger partial charge in [0.1, 0.15) is 11.5 Å². The summed E-state index contributed by atoms with van der Waals surface area (Å²) in [5.41, 5.74) is -0.870. The number of carbonyl (C=O) groups excluding carboxylic acids is 1. The first-order chi connectivity index (χ1) is 8.65. The molecule has 1 amide bonds. The molecule has 2 bridgehead atoms.